The summed E-state index contributed by atoms with van der Waals surface area (Å²) >= 11 is 1.21. The third-order valence-electron chi connectivity index (χ3n) is 4.80. The van der Waals surface area contributed by atoms with Crippen molar-refractivity contribution in [3.8, 4) is 28.5 Å². The van der Waals surface area contributed by atoms with Crippen LogP contribution in [0.4, 0.5) is 10.1 Å². The number of halogens is 1. The molecule has 4 aromatic rings. The van der Waals surface area contributed by atoms with Gasteiger partial charge in [0.2, 0.25) is 0 Å². The maximum absolute atomic E-state index is 15.2. The monoisotopic (exact) mass is 517 g/mol. The first-order valence-electron chi connectivity index (χ1n) is 10.3. The van der Waals surface area contributed by atoms with Crippen molar-refractivity contribution in [1.82, 2.24) is 9.97 Å². The van der Waals surface area contributed by atoms with E-state index in [9.17, 15) is 4.79 Å². The van der Waals surface area contributed by atoms with E-state index < -0.39 is 5.82 Å². The van der Waals surface area contributed by atoms with E-state index in [4.69, 9.17) is 9.47 Å². The number of benzene rings is 3. The second kappa shape index (κ2) is 10.8. The minimum absolute atomic E-state index is 0.207. The van der Waals surface area contributed by atoms with Gasteiger partial charge in [0, 0.05) is 0 Å². The van der Waals surface area contributed by atoms with Gasteiger partial charge >= 0.3 is 205 Å². The van der Waals surface area contributed by atoms with Crippen molar-refractivity contribution in [2.75, 3.05) is 5.32 Å². The van der Waals surface area contributed by atoms with Crippen molar-refractivity contribution >= 4 is 32.9 Å². The van der Waals surface area contributed by atoms with Gasteiger partial charge in [-0.15, -0.1) is 0 Å². The van der Waals surface area contributed by atoms with Crippen LogP contribution in [0.25, 0.3) is 11.1 Å². The summed E-state index contributed by atoms with van der Waals surface area (Å²) in [5.74, 6) is 0.236. The molecule has 0 radical (unpaired) electrons. The van der Waals surface area contributed by atoms with Crippen LogP contribution < -0.4 is 19.3 Å². The molecule has 8 heteroatoms. The number of rotatable bonds is 8. The van der Waals surface area contributed by atoms with Gasteiger partial charge in [0.25, 0.3) is 0 Å². The first-order valence-corrected chi connectivity index (χ1v) is 11.5. The summed E-state index contributed by atoms with van der Waals surface area (Å²) in [6.45, 7) is 3.78. The molecule has 34 heavy (non-hydrogen) atoms. The summed E-state index contributed by atoms with van der Waals surface area (Å²) in [5.41, 5.74) is 2.28. The number of nitrogens with zero attached hydrogens (tertiary/aromatic N) is 2. The van der Waals surface area contributed by atoms with Gasteiger partial charge in [-0.1, -0.05) is 0 Å². The number of nitrogens with one attached hydrogen (secondary N) is 1. The van der Waals surface area contributed by atoms with Crippen LogP contribution in [0.5, 0.6) is 17.4 Å². The van der Waals surface area contributed by atoms with Crippen molar-refractivity contribution in [2.45, 2.75) is 6.61 Å². The zero-order valence-electron chi connectivity index (χ0n) is 18.1. The Morgan fingerprint density at radius 3 is 2.62 bits per heavy atom. The standard InChI is InChI=1S/C26H21AsFN3O3/c1-2-23(32)31-18-9-6-10-20(13-18)34-26-24(25(27)29-16-30-26)21-12-11-19(14-22(21)28)33-15-17-7-4-3-5-8-17/h2-14,16H,1,15,27H2,(H,31,32). The SMILES string of the molecule is C=CC(=O)Nc1cccc(Oc2ncnc([AsH2])c2-c2ccc(OCc3ccccc3)cc2F)c1. The van der Waals surface area contributed by atoms with Crippen LogP contribution in [0.1, 0.15) is 5.56 Å². The summed E-state index contributed by atoms with van der Waals surface area (Å²) in [7, 11) is 0. The predicted molar refractivity (Wildman–Crippen MR) is 132 cm³/mol. The molecule has 4 rings (SSSR count). The molecular formula is C26H21AsFN3O3. The molecule has 0 fully saturated rings. The second-order valence-electron chi connectivity index (χ2n) is 7.18. The zero-order valence-corrected chi connectivity index (χ0v) is 20.5. The van der Waals surface area contributed by atoms with Crippen molar-refractivity contribution in [3.05, 3.63) is 103 Å². The van der Waals surface area contributed by atoms with Gasteiger partial charge in [0.15, 0.2) is 0 Å². The van der Waals surface area contributed by atoms with Crippen LogP contribution >= 0.6 is 0 Å². The fourth-order valence-electron chi connectivity index (χ4n) is 3.18. The number of ether oxygens (including phenoxy) is 2. The normalized spacial score (nSPS) is 10.4. The first-order chi connectivity index (χ1) is 16.5. The van der Waals surface area contributed by atoms with Crippen molar-refractivity contribution in [1.29, 1.82) is 0 Å². The van der Waals surface area contributed by atoms with Gasteiger partial charge < -0.3 is 0 Å². The Balaban J connectivity index is 1.59. The topological polar surface area (TPSA) is 73.3 Å². The molecule has 1 N–H and O–H groups in total. The Morgan fingerprint density at radius 1 is 1.03 bits per heavy atom. The van der Waals surface area contributed by atoms with E-state index in [0.29, 0.717) is 39.4 Å². The number of carbonyl (C=O) groups excluding carboxylic acids is 1. The fourth-order valence-corrected chi connectivity index (χ4v) is 3.91. The van der Waals surface area contributed by atoms with Crippen LogP contribution in [0.2, 0.25) is 0 Å². The molecule has 6 nitrogen and oxygen atoms in total. The van der Waals surface area contributed by atoms with Crippen molar-refractivity contribution in [2.24, 2.45) is 0 Å². The summed E-state index contributed by atoms with van der Waals surface area (Å²) in [5, 5.41) is 2.67. The molecule has 0 bridgehead atoms. The molecule has 0 spiro atoms. The summed E-state index contributed by atoms with van der Waals surface area (Å²) in [6, 6.07) is 21.1. The molecule has 0 aliphatic heterocycles. The molecule has 1 aromatic heterocycles. The van der Waals surface area contributed by atoms with Gasteiger partial charge in [-0.2, -0.15) is 0 Å². The molecular weight excluding hydrogens is 496 g/mol. The van der Waals surface area contributed by atoms with E-state index in [1.807, 2.05) is 30.3 Å². The fraction of sp³-hybridized carbons (Fsp3) is 0.0385. The predicted octanol–water partition coefficient (Wildman–Crippen LogP) is 4.04. The van der Waals surface area contributed by atoms with Crippen LogP contribution in [0, 0.1) is 5.82 Å². The molecule has 3 aromatic carbocycles. The van der Waals surface area contributed by atoms with Gasteiger partial charge in [0.1, 0.15) is 0 Å². The molecule has 1 amide bonds. The van der Waals surface area contributed by atoms with E-state index in [2.05, 4.69) is 21.9 Å². The first kappa shape index (κ1) is 23.2. The maximum atomic E-state index is 15.2. The molecule has 0 saturated heterocycles. The van der Waals surface area contributed by atoms with E-state index in [1.165, 1.54) is 35.3 Å². The van der Waals surface area contributed by atoms with E-state index in [-0.39, 0.29) is 11.8 Å². The number of hydrogen-bond acceptors (Lipinski definition) is 5. The minimum atomic E-state index is -0.476. The van der Waals surface area contributed by atoms with Gasteiger partial charge in [-0.05, 0) is 0 Å². The Bertz CT molecular complexity index is 1330. The van der Waals surface area contributed by atoms with E-state index in [0.717, 1.165) is 5.56 Å². The van der Waals surface area contributed by atoms with Gasteiger partial charge in [0.05, 0.1) is 0 Å². The number of hydrogen-bond donors (Lipinski definition) is 1. The molecule has 1 heterocycles. The molecule has 1 unspecified atom stereocenters. The van der Waals surface area contributed by atoms with Crippen LogP contribution in [-0.4, -0.2) is 32.7 Å². The Hall–Kier alpha value is -3.96. The summed E-state index contributed by atoms with van der Waals surface area (Å²) < 4.78 is 27.5. The van der Waals surface area contributed by atoms with Crippen molar-refractivity contribution < 1.29 is 18.7 Å². The van der Waals surface area contributed by atoms with E-state index in [1.54, 1.807) is 36.4 Å². The van der Waals surface area contributed by atoms with Crippen LogP contribution in [0.3, 0.4) is 0 Å². The Labute approximate surface area is 205 Å². The van der Waals surface area contributed by atoms with Crippen LogP contribution in [-0.2, 0) is 11.4 Å². The molecule has 0 saturated carbocycles. The molecule has 0 aliphatic carbocycles. The molecule has 1 atom stereocenters. The van der Waals surface area contributed by atoms with Gasteiger partial charge in [-0.25, -0.2) is 0 Å². The average Bonchev–Trinajstić information content (AvgIpc) is 2.84. The average molecular weight is 517 g/mol. The Kier molecular flexibility index (Phi) is 7.35. The summed E-state index contributed by atoms with van der Waals surface area (Å²) in [6.07, 6.45) is 2.55. The number of anilines is 1. The molecule has 170 valence electrons. The third kappa shape index (κ3) is 5.69. The van der Waals surface area contributed by atoms with E-state index >= 15 is 4.39 Å². The Morgan fingerprint density at radius 2 is 1.85 bits per heavy atom. The molecule has 0 aliphatic rings. The summed E-state index contributed by atoms with van der Waals surface area (Å²) in [4.78, 5) is 20.1. The van der Waals surface area contributed by atoms with Gasteiger partial charge in [-0.3, -0.25) is 0 Å². The quantitative estimate of drug-likeness (QED) is 0.282. The van der Waals surface area contributed by atoms with Crippen molar-refractivity contribution in [3.63, 3.8) is 0 Å². The third-order valence-corrected chi connectivity index (χ3v) is 5.72. The number of amides is 1. The zero-order chi connectivity index (χ0) is 23.9. The second-order valence-corrected chi connectivity index (χ2v) is 8.33. The van der Waals surface area contributed by atoms with Crippen LogP contribution in [0.15, 0.2) is 91.8 Å². The number of carbonyl (C=O) groups is 1. The number of aromatic nitrogens is 2.